The van der Waals surface area contributed by atoms with Crippen molar-refractivity contribution in [3.63, 3.8) is 0 Å². The standard InChI is InChI=1S/C19H19NO6S/c1-12(2)15-9-14(25-3)10-16-17(15)18(21)20(27(16,23)24)11-26-19(22)13-7-5-4-6-8-13/h4-10,12H,11H2,1-3H3. The first-order valence-corrected chi connectivity index (χ1v) is 9.72. The minimum absolute atomic E-state index is 0.0974. The third-order valence-electron chi connectivity index (χ3n) is 4.29. The van der Waals surface area contributed by atoms with Gasteiger partial charge in [-0.1, -0.05) is 32.0 Å². The quantitative estimate of drug-likeness (QED) is 0.731. The zero-order valence-corrected chi connectivity index (χ0v) is 15.9. The van der Waals surface area contributed by atoms with E-state index in [0.29, 0.717) is 15.6 Å². The van der Waals surface area contributed by atoms with E-state index >= 15 is 0 Å². The lowest BCUT2D eigenvalue weighted by Crippen LogP contribution is -2.33. The molecule has 2 aromatic rings. The molecule has 1 amide bonds. The smallest absolute Gasteiger partial charge is 0.339 e. The molecule has 3 rings (SSSR count). The number of methoxy groups -OCH3 is 1. The van der Waals surface area contributed by atoms with Crippen molar-refractivity contribution in [1.82, 2.24) is 4.31 Å². The van der Waals surface area contributed by atoms with Gasteiger partial charge in [-0.25, -0.2) is 13.2 Å². The zero-order chi connectivity index (χ0) is 19.8. The summed E-state index contributed by atoms with van der Waals surface area (Å²) in [5.41, 5.74) is 0.931. The van der Waals surface area contributed by atoms with Gasteiger partial charge in [0.1, 0.15) is 10.6 Å². The fourth-order valence-corrected chi connectivity index (χ4v) is 4.34. The first-order valence-electron chi connectivity index (χ1n) is 8.28. The van der Waals surface area contributed by atoms with Gasteiger partial charge in [0.15, 0.2) is 6.73 Å². The molecule has 0 saturated carbocycles. The highest BCUT2D eigenvalue weighted by molar-refractivity contribution is 7.90. The second-order valence-electron chi connectivity index (χ2n) is 6.33. The Labute approximate surface area is 157 Å². The molecule has 7 nitrogen and oxygen atoms in total. The van der Waals surface area contributed by atoms with Gasteiger partial charge in [-0.15, -0.1) is 0 Å². The average Bonchev–Trinajstić information content (AvgIpc) is 2.85. The molecule has 0 bridgehead atoms. The SMILES string of the molecule is COc1cc(C(C)C)c2c(c1)S(=O)(=O)N(COC(=O)c1ccccc1)C2=O. The Morgan fingerprint density at radius 2 is 1.81 bits per heavy atom. The van der Waals surface area contributed by atoms with Gasteiger partial charge in [-0.3, -0.25) is 4.79 Å². The van der Waals surface area contributed by atoms with E-state index < -0.39 is 28.6 Å². The molecular formula is C19H19NO6S. The number of fused-ring (bicyclic) bond motifs is 1. The van der Waals surface area contributed by atoms with Crippen LogP contribution in [0, 0.1) is 0 Å². The van der Waals surface area contributed by atoms with Crippen LogP contribution in [0.25, 0.3) is 0 Å². The highest BCUT2D eigenvalue weighted by Crippen LogP contribution is 2.38. The summed E-state index contributed by atoms with van der Waals surface area (Å²) >= 11 is 0. The number of ether oxygens (including phenoxy) is 2. The van der Waals surface area contributed by atoms with Gasteiger partial charge >= 0.3 is 5.97 Å². The second kappa shape index (κ2) is 7.03. The topological polar surface area (TPSA) is 90.0 Å². The van der Waals surface area contributed by atoms with E-state index in [9.17, 15) is 18.0 Å². The van der Waals surface area contributed by atoms with E-state index in [1.54, 1.807) is 36.4 Å². The van der Waals surface area contributed by atoms with Crippen molar-refractivity contribution in [2.45, 2.75) is 24.7 Å². The highest BCUT2D eigenvalue weighted by atomic mass is 32.2. The van der Waals surface area contributed by atoms with Gasteiger partial charge in [0.05, 0.1) is 18.2 Å². The van der Waals surface area contributed by atoms with Gasteiger partial charge in [-0.2, -0.15) is 4.31 Å². The van der Waals surface area contributed by atoms with Crippen molar-refractivity contribution < 1.29 is 27.5 Å². The normalized spacial score (nSPS) is 15.0. The molecule has 142 valence electrons. The third-order valence-corrected chi connectivity index (χ3v) is 6.02. The van der Waals surface area contributed by atoms with E-state index in [0.717, 1.165) is 0 Å². The Morgan fingerprint density at radius 1 is 1.15 bits per heavy atom. The van der Waals surface area contributed by atoms with Crippen LogP contribution < -0.4 is 4.74 Å². The number of esters is 1. The Balaban J connectivity index is 1.94. The average molecular weight is 389 g/mol. The maximum Gasteiger partial charge on any atom is 0.339 e. The van der Waals surface area contributed by atoms with Crippen molar-refractivity contribution >= 4 is 21.9 Å². The van der Waals surface area contributed by atoms with Crippen LogP contribution >= 0.6 is 0 Å². The molecule has 1 heterocycles. The van der Waals surface area contributed by atoms with E-state index in [1.807, 2.05) is 13.8 Å². The summed E-state index contributed by atoms with van der Waals surface area (Å²) in [6.07, 6.45) is 0. The number of carbonyl (C=O) groups excluding carboxylic acids is 2. The van der Waals surface area contributed by atoms with Gasteiger partial charge in [0.25, 0.3) is 15.9 Å². The first-order chi connectivity index (χ1) is 12.8. The maximum absolute atomic E-state index is 12.8. The molecule has 0 radical (unpaired) electrons. The van der Waals surface area contributed by atoms with Crippen molar-refractivity contribution in [3.8, 4) is 5.75 Å². The van der Waals surface area contributed by atoms with Gasteiger partial charge in [0.2, 0.25) is 0 Å². The summed E-state index contributed by atoms with van der Waals surface area (Å²) in [6, 6.07) is 11.1. The second-order valence-corrected chi connectivity index (χ2v) is 8.16. The van der Waals surface area contributed by atoms with E-state index in [-0.39, 0.29) is 21.9 Å². The summed E-state index contributed by atoms with van der Waals surface area (Å²) in [6.45, 7) is 3.02. The molecular weight excluding hydrogens is 370 g/mol. The van der Waals surface area contributed by atoms with Crippen molar-refractivity contribution in [2.75, 3.05) is 13.8 Å². The van der Waals surface area contributed by atoms with E-state index in [1.165, 1.54) is 13.2 Å². The molecule has 0 atom stereocenters. The van der Waals surface area contributed by atoms with Crippen LogP contribution in [0.15, 0.2) is 47.4 Å². The fourth-order valence-electron chi connectivity index (χ4n) is 2.87. The molecule has 27 heavy (non-hydrogen) atoms. The predicted molar refractivity (Wildman–Crippen MR) is 97.2 cm³/mol. The van der Waals surface area contributed by atoms with E-state index in [4.69, 9.17) is 9.47 Å². The molecule has 1 aliphatic heterocycles. The van der Waals surface area contributed by atoms with Gasteiger partial charge < -0.3 is 9.47 Å². The minimum Gasteiger partial charge on any atom is -0.497 e. The largest absolute Gasteiger partial charge is 0.497 e. The number of carbonyl (C=O) groups is 2. The third kappa shape index (κ3) is 3.28. The number of nitrogens with zero attached hydrogens (tertiary/aromatic N) is 1. The van der Waals surface area contributed by atoms with Crippen LogP contribution in [0.4, 0.5) is 0 Å². The summed E-state index contributed by atoms with van der Waals surface area (Å²) in [4.78, 5) is 24.8. The molecule has 0 spiro atoms. The highest BCUT2D eigenvalue weighted by Gasteiger charge is 2.44. The number of benzene rings is 2. The molecule has 0 N–H and O–H groups in total. The van der Waals surface area contributed by atoms with Crippen LogP contribution in [-0.4, -0.2) is 38.4 Å². The monoisotopic (exact) mass is 389 g/mol. The van der Waals surface area contributed by atoms with Crippen molar-refractivity contribution in [3.05, 3.63) is 59.2 Å². The van der Waals surface area contributed by atoms with Crippen molar-refractivity contribution in [1.29, 1.82) is 0 Å². The summed E-state index contributed by atoms with van der Waals surface area (Å²) < 4.78 is 36.5. The molecule has 2 aromatic carbocycles. The molecule has 0 aliphatic carbocycles. The Bertz CT molecular complexity index is 998. The Morgan fingerprint density at radius 3 is 2.41 bits per heavy atom. The lowest BCUT2D eigenvalue weighted by atomic mass is 9.96. The van der Waals surface area contributed by atoms with Gasteiger partial charge in [0, 0.05) is 6.07 Å². The van der Waals surface area contributed by atoms with E-state index in [2.05, 4.69) is 0 Å². The molecule has 0 fully saturated rings. The number of rotatable bonds is 5. The predicted octanol–water partition coefficient (Wildman–Crippen LogP) is 2.78. The summed E-state index contributed by atoms with van der Waals surface area (Å²) in [5.74, 6) is -1.18. The molecule has 8 heteroatoms. The molecule has 0 unspecified atom stereocenters. The summed E-state index contributed by atoms with van der Waals surface area (Å²) in [5, 5.41) is 0. The van der Waals surface area contributed by atoms with Crippen LogP contribution in [0.3, 0.4) is 0 Å². The minimum atomic E-state index is -4.14. The molecule has 1 aliphatic rings. The maximum atomic E-state index is 12.8. The number of amides is 1. The fraction of sp³-hybridized carbons (Fsp3) is 0.263. The lowest BCUT2D eigenvalue weighted by Gasteiger charge is -2.15. The molecule has 0 aromatic heterocycles. The Kier molecular flexibility index (Phi) is 4.93. The lowest BCUT2D eigenvalue weighted by molar-refractivity contribution is 0.0358. The number of hydrogen-bond donors (Lipinski definition) is 0. The van der Waals surface area contributed by atoms with Crippen LogP contribution in [-0.2, 0) is 14.8 Å². The van der Waals surface area contributed by atoms with Crippen LogP contribution in [0.1, 0.15) is 46.0 Å². The van der Waals surface area contributed by atoms with Crippen LogP contribution in [0.2, 0.25) is 0 Å². The number of sulfonamides is 1. The van der Waals surface area contributed by atoms with Crippen LogP contribution in [0.5, 0.6) is 5.75 Å². The number of hydrogen-bond acceptors (Lipinski definition) is 6. The van der Waals surface area contributed by atoms with Gasteiger partial charge in [-0.05, 0) is 29.7 Å². The Hall–Kier alpha value is -2.87. The summed E-state index contributed by atoms with van der Waals surface area (Å²) in [7, 11) is -2.71. The van der Waals surface area contributed by atoms with Crippen molar-refractivity contribution in [2.24, 2.45) is 0 Å². The zero-order valence-electron chi connectivity index (χ0n) is 15.1. The first kappa shape index (κ1) is 18.9. The molecule has 0 saturated heterocycles.